The predicted octanol–water partition coefficient (Wildman–Crippen LogP) is 2.89. The topological polar surface area (TPSA) is 82.1 Å². The van der Waals surface area contributed by atoms with Crippen molar-refractivity contribution in [2.75, 3.05) is 33.9 Å². The van der Waals surface area contributed by atoms with Crippen LogP contribution >= 0.6 is 0 Å². The van der Waals surface area contributed by atoms with Gasteiger partial charge in [-0.25, -0.2) is 13.2 Å². The Bertz CT molecular complexity index is 950. The van der Waals surface area contributed by atoms with Gasteiger partial charge < -0.3 is 14.2 Å². The lowest BCUT2D eigenvalue weighted by Gasteiger charge is -2.18. The van der Waals surface area contributed by atoms with Gasteiger partial charge in [-0.1, -0.05) is 12.1 Å². The van der Waals surface area contributed by atoms with E-state index in [0.717, 1.165) is 24.2 Å². The van der Waals surface area contributed by atoms with Crippen molar-refractivity contribution in [1.82, 2.24) is 4.31 Å². The molecule has 2 aromatic rings. The van der Waals surface area contributed by atoms with Crippen LogP contribution in [-0.4, -0.2) is 52.6 Å². The molecule has 1 saturated heterocycles. The minimum Gasteiger partial charge on any atom is -0.497 e. The van der Waals surface area contributed by atoms with Crippen LogP contribution in [0.2, 0.25) is 0 Å². The number of benzene rings is 2. The molecule has 0 bridgehead atoms. The molecule has 1 aliphatic rings. The van der Waals surface area contributed by atoms with E-state index in [9.17, 15) is 13.2 Å². The van der Waals surface area contributed by atoms with E-state index in [4.69, 9.17) is 14.2 Å². The van der Waals surface area contributed by atoms with E-state index in [-0.39, 0.29) is 22.8 Å². The van der Waals surface area contributed by atoms with Crippen molar-refractivity contribution in [1.29, 1.82) is 0 Å². The first-order chi connectivity index (χ1) is 14.0. The normalized spacial score (nSPS) is 14.6. The molecule has 0 amide bonds. The van der Waals surface area contributed by atoms with E-state index in [1.165, 1.54) is 29.6 Å². The first kappa shape index (κ1) is 21.1. The number of sulfonamides is 1. The molecule has 0 atom stereocenters. The third-order valence-corrected chi connectivity index (χ3v) is 6.78. The number of esters is 1. The molecule has 2 aromatic carbocycles. The van der Waals surface area contributed by atoms with Gasteiger partial charge in [0.15, 0.2) is 0 Å². The molecule has 7 nitrogen and oxygen atoms in total. The average molecular weight is 419 g/mol. The van der Waals surface area contributed by atoms with E-state index in [0.29, 0.717) is 19.5 Å². The number of hydrogen-bond acceptors (Lipinski definition) is 6. The zero-order chi connectivity index (χ0) is 20.9. The van der Waals surface area contributed by atoms with Crippen LogP contribution in [-0.2, 0) is 21.2 Å². The standard InChI is InChI=1S/C21H25NO6S/c1-26-18-8-5-16(6-9-18)11-14-28-21(23)17-7-10-19(27-2)20(15-17)29(24,25)22-12-3-4-13-22/h5-10,15H,3-4,11-14H2,1-2H3. The van der Waals surface area contributed by atoms with Crippen LogP contribution in [0.15, 0.2) is 47.4 Å². The van der Waals surface area contributed by atoms with Gasteiger partial charge in [0.25, 0.3) is 0 Å². The summed E-state index contributed by atoms with van der Waals surface area (Å²) in [5.41, 5.74) is 1.18. The fraction of sp³-hybridized carbons (Fsp3) is 0.381. The largest absolute Gasteiger partial charge is 0.497 e. The van der Waals surface area contributed by atoms with Gasteiger partial charge in [0.2, 0.25) is 10.0 Å². The molecular weight excluding hydrogens is 394 g/mol. The van der Waals surface area contributed by atoms with E-state index in [2.05, 4.69) is 0 Å². The van der Waals surface area contributed by atoms with Crippen LogP contribution < -0.4 is 9.47 Å². The highest BCUT2D eigenvalue weighted by Crippen LogP contribution is 2.30. The second kappa shape index (κ2) is 9.28. The summed E-state index contributed by atoms with van der Waals surface area (Å²) in [6, 6.07) is 11.8. The Morgan fingerprint density at radius 3 is 2.31 bits per heavy atom. The van der Waals surface area contributed by atoms with Crippen LogP contribution in [0.1, 0.15) is 28.8 Å². The second-order valence-corrected chi connectivity index (χ2v) is 8.62. The molecule has 1 aliphatic heterocycles. The first-order valence-corrected chi connectivity index (χ1v) is 10.9. The van der Waals surface area contributed by atoms with Crippen LogP contribution in [0.5, 0.6) is 11.5 Å². The fourth-order valence-corrected chi connectivity index (χ4v) is 4.91. The molecule has 0 spiro atoms. The van der Waals surface area contributed by atoms with E-state index < -0.39 is 16.0 Å². The minimum atomic E-state index is -3.72. The second-order valence-electron chi connectivity index (χ2n) is 6.71. The maximum Gasteiger partial charge on any atom is 0.338 e. The Labute approximate surface area is 171 Å². The van der Waals surface area contributed by atoms with Crippen molar-refractivity contribution < 1.29 is 27.4 Å². The van der Waals surface area contributed by atoms with Crippen LogP contribution in [0, 0.1) is 0 Å². The molecule has 0 saturated carbocycles. The van der Waals surface area contributed by atoms with Crippen molar-refractivity contribution in [3.63, 3.8) is 0 Å². The SMILES string of the molecule is COc1ccc(CCOC(=O)c2ccc(OC)c(S(=O)(=O)N3CCCC3)c2)cc1. The summed E-state index contributed by atoms with van der Waals surface area (Å²) < 4.78 is 42.9. The lowest BCUT2D eigenvalue weighted by Crippen LogP contribution is -2.28. The van der Waals surface area contributed by atoms with Gasteiger partial charge in [0, 0.05) is 19.5 Å². The Hall–Kier alpha value is -2.58. The monoisotopic (exact) mass is 419 g/mol. The zero-order valence-electron chi connectivity index (χ0n) is 16.6. The van der Waals surface area contributed by atoms with Crippen molar-refractivity contribution >= 4 is 16.0 Å². The van der Waals surface area contributed by atoms with Gasteiger partial charge in [-0.3, -0.25) is 0 Å². The smallest absolute Gasteiger partial charge is 0.338 e. The Kier molecular flexibility index (Phi) is 6.76. The molecule has 8 heteroatoms. The van der Waals surface area contributed by atoms with Crippen molar-refractivity contribution in [3.8, 4) is 11.5 Å². The summed E-state index contributed by atoms with van der Waals surface area (Å²) in [4.78, 5) is 12.4. The van der Waals surface area contributed by atoms with Crippen molar-refractivity contribution in [2.24, 2.45) is 0 Å². The quantitative estimate of drug-likeness (QED) is 0.612. The number of hydrogen-bond donors (Lipinski definition) is 0. The summed E-state index contributed by atoms with van der Waals surface area (Å²) >= 11 is 0. The maximum atomic E-state index is 12.9. The van der Waals surface area contributed by atoms with Gasteiger partial charge >= 0.3 is 5.97 Å². The number of carbonyl (C=O) groups is 1. The lowest BCUT2D eigenvalue weighted by molar-refractivity contribution is 0.0509. The molecule has 3 rings (SSSR count). The van der Waals surface area contributed by atoms with Gasteiger partial charge in [-0.05, 0) is 48.7 Å². The maximum absolute atomic E-state index is 12.9. The Balaban J connectivity index is 1.70. The molecule has 0 aromatic heterocycles. The summed E-state index contributed by atoms with van der Waals surface area (Å²) in [5, 5.41) is 0. The third kappa shape index (κ3) is 4.89. The highest BCUT2D eigenvalue weighted by atomic mass is 32.2. The van der Waals surface area contributed by atoms with Gasteiger partial charge in [-0.15, -0.1) is 0 Å². The highest BCUT2D eigenvalue weighted by Gasteiger charge is 2.30. The fourth-order valence-electron chi connectivity index (χ4n) is 3.21. The summed E-state index contributed by atoms with van der Waals surface area (Å²) in [7, 11) is -0.710. The summed E-state index contributed by atoms with van der Waals surface area (Å²) in [6.07, 6.45) is 2.20. The van der Waals surface area contributed by atoms with E-state index >= 15 is 0 Å². The highest BCUT2D eigenvalue weighted by molar-refractivity contribution is 7.89. The molecule has 0 unspecified atom stereocenters. The Morgan fingerprint density at radius 2 is 1.69 bits per heavy atom. The van der Waals surface area contributed by atoms with Crippen molar-refractivity contribution in [2.45, 2.75) is 24.2 Å². The van der Waals surface area contributed by atoms with E-state index in [1.54, 1.807) is 7.11 Å². The number of nitrogens with zero attached hydrogens (tertiary/aromatic N) is 1. The molecule has 156 valence electrons. The molecule has 1 heterocycles. The van der Waals surface area contributed by atoms with Crippen LogP contribution in [0.4, 0.5) is 0 Å². The van der Waals surface area contributed by atoms with E-state index in [1.807, 2.05) is 24.3 Å². The number of methoxy groups -OCH3 is 2. The number of ether oxygens (including phenoxy) is 3. The Morgan fingerprint density at radius 1 is 1.00 bits per heavy atom. The first-order valence-electron chi connectivity index (χ1n) is 9.44. The summed E-state index contributed by atoms with van der Waals surface area (Å²) in [6.45, 7) is 1.13. The molecule has 0 aliphatic carbocycles. The van der Waals surface area contributed by atoms with Crippen LogP contribution in [0.25, 0.3) is 0 Å². The average Bonchev–Trinajstić information content (AvgIpc) is 3.29. The van der Waals surface area contributed by atoms with Crippen molar-refractivity contribution in [3.05, 3.63) is 53.6 Å². The molecule has 0 N–H and O–H groups in total. The molecule has 1 fully saturated rings. The summed E-state index contributed by atoms with van der Waals surface area (Å²) in [5.74, 6) is 0.404. The molecule has 29 heavy (non-hydrogen) atoms. The van der Waals surface area contributed by atoms with Gasteiger partial charge in [-0.2, -0.15) is 4.31 Å². The lowest BCUT2D eigenvalue weighted by atomic mass is 10.1. The van der Waals surface area contributed by atoms with Gasteiger partial charge in [0.05, 0.1) is 26.4 Å². The predicted molar refractivity (Wildman–Crippen MR) is 108 cm³/mol. The van der Waals surface area contributed by atoms with Crippen LogP contribution in [0.3, 0.4) is 0 Å². The number of carbonyl (C=O) groups excluding carboxylic acids is 1. The van der Waals surface area contributed by atoms with Gasteiger partial charge in [0.1, 0.15) is 16.4 Å². The zero-order valence-corrected chi connectivity index (χ0v) is 17.4. The molecular formula is C21H25NO6S. The third-order valence-electron chi connectivity index (χ3n) is 4.87. The molecule has 0 radical (unpaired) electrons. The minimum absolute atomic E-state index is 0.00787. The number of rotatable bonds is 8.